The molecule has 0 aliphatic carbocycles. The fourth-order valence-electron chi connectivity index (χ4n) is 1.83. The van der Waals surface area contributed by atoms with E-state index in [4.69, 9.17) is 0 Å². The second-order valence-electron chi connectivity index (χ2n) is 4.55. The van der Waals surface area contributed by atoms with Gasteiger partial charge in [-0.25, -0.2) is 0 Å². The molecule has 0 aromatic rings. The van der Waals surface area contributed by atoms with Crippen LogP contribution < -0.4 is 5.32 Å². The third-order valence-electron chi connectivity index (χ3n) is 2.77. The lowest BCUT2D eigenvalue weighted by molar-refractivity contribution is -0.122. The molecule has 3 heteroatoms. The zero-order valence-corrected chi connectivity index (χ0v) is 11.6. The molecule has 0 aliphatic rings. The molecule has 0 rings (SSSR count). The van der Waals surface area contributed by atoms with Gasteiger partial charge in [-0.3, -0.25) is 9.59 Å². The van der Waals surface area contributed by atoms with E-state index in [9.17, 15) is 9.59 Å². The van der Waals surface area contributed by atoms with Crippen molar-refractivity contribution < 1.29 is 9.59 Å². The Morgan fingerprint density at radius 1 is 0.941 bits per heavy atom. The molecule has 0 radical (unpaired) electrons. The molecule has 1 unspecified atom stereocenters. The molecule has 17 heavy (non-hydrogen) atoms. The molecule has 0 fully saturated rings. The van der Waals surface area contributed by atoms with Gasteiger partial charge in [0.1, 0.15) is 11.6 Å². The van der Waals surface area contributed by atoms with Crippen LogP contribution in [0.25, 0.3) is 0 Å². The second-order valence-corrected chi connectivity index (χ2v) is 4.55. The van der Waals surface area contributed by atoms with Crippen LogP contribution in [0.5, 0.6) is 0 Å². The molecule has 0 bridgehead atoms. The van der Waals surface area contributed by atoms with Gasteiger partial charge in [-0.15, -0.1) is 0 Å². The van der Waals surface area contributed by atoms with Crippen LogP contribution in [0.15, 0.2) is 0 Å². The fourth-order valence-corrected chi connectivity index (χ4v) is 1.83. The van der Waals surface area contributed by atoms with Crippen molar-refractivity contribution in [2.45, 2.75) is 71.8 Å². The van der Waals surface area contributed by atoms with E-state index in [1.54, 1.807) is 0 Å². The SMILES string of the molecule is CCCNC(CCC(=O)CCC)C(=O)CCC. The van der Waals surface area contributed by atoms with Crippen LogP contribution in [-0.2, 0) is 9.59 Å². The van der Waals surface area contributed by atoms with E-state index < -0.39 is 0 Å². The van der Waals surface area contributed by atoms with E-state index in [2.05, 4.69) is 12.2 Å². The number of Topliss-reactive ketones (excluding diaryl/α,β-unsaturated/α-hetero) is 2. The molecule has 0 saturated heterocycles. The summed E-state index contributed by atoms with van der Waals surface area (Å²) in [7, 11) is 0. The van der Waals surface area contributed by atoms with E-state index in [1.165, 1.54) is 0 Å². The number of carbonyl (C=O) groups is 2. The van der Waals surface area contributed by atoms with Gasteiger partial charge in [-0.2, -0.15) is 0 Å². The summed E-state index contributed by atoms with van der Waals surface area (Å²) in [6.45, 7) is 6.95. The maximum Gasteiger partial charge on any atom is 0.149 e. The Morgan fingerprint density at radius 2 is 1.59 bits per heavy atom. The molecule has 0 spiro atoms. The molecule has 1 N–H and O–H groups in total. The first-order chi connectivity index (χ1) is 8.15. The van der Waals surface area contributed by atoms with Crippen LogP contribution in [0.2, 0.25) is 0 Å². The largest absolute Gasteiger partial charge is 0.307 e. The lowest BCUT2D eigenvalue weighted by Gasteiger charge is -2.16. The Morgan fingerprint density at radius 3 is 2.12 bits per heavy atom. The first-order valence-corrected chi connectivity index (χ1v) is 6.93. The van der Waals surface area contributed by atoms with Crippen molar-refractivity contribution in [1.82, 2.24) is 5.32 Å². The number of hydrogen-bond acceptors (Lipinski definition) is 3. The smallest absolute Gasteiger partial charge is 0.149 e. The van der Waals surface area contributed by atoms with Crippen LogP contribution in [0.1, 0.15) is 65.7 Å². The Hall–Kier alpha value is -0.700. The van der Waals surface area contributed by atoms with Crippen LogP contribution >= 0.6 is 0 Å². The summed E-state index contributed by atoms with van der Waals surface area (Å²) >= 11 is 0. The number of ketones is 2. The Balaban J connectivity index is 4.08. The number of carbonyl (C=O) groups excluding carboxylic acids is 2. The Bertz CT molecular complexity index is 226. The van der Waals surface area contributed by atoms with Crippen molar-refractivity contribution in [3.05, 3.63) is 0 Å². The second kappa shape index (κ2) is 10.5. The summed E-state index contributed by atoms with van der Waals surface area (Å²) in [4.78, 5) is 23.3. The highest BCUT2D eigenvalue weighted by Gasteiger charge is 2.17. The van der Waals surface area contributed by atoms with Crippen molar-refractivity contribution in [1.29, 1.82) is 0 Å². The van der Waals surface area contributed by atoms with Crippen molar-refractivity contribution in [2.75, 3.05) is 6.54 Å². The molecule has 0 heterocycles. The van der Waals surface area contributed by atoms with Crippen LogP contribution in [0, 0.1) is 0 Å². The predicted molar refractivity (Wildman–Crippen MR) is 71.1 cm³/mol. The summed E-state index contributed by atoms with van der Waals surface area (Å²) in [6, 6.07) is -0.115. The monoisotopic (exact) mass is 241 g/mol. The van der Waals surface area contributed by atoms with Crippen molar-refractivity contribution in [3.63, 3.8) is 0 Å². The molecule has 0 saturated carbocycles. The number of rotatable bonds is 11. The quantitative estimate of drug-likeness (QED) is 0.605. The maximum atomic E-state index is 11.8. The minimum Gasteiger partial charge on any atom is -0.307 e. The highest BCUT2D eigenvalue weighted by Crippen LogP contribution is 2.06. The van der Waals surface area contributed by atoms with E-state index in [0.29, 0.717) is 25.7 Å². The minimum absolute atomic E-state index is 0.115. The van der Waals surface area contributed by atoms with Crippen molar-refractivity contribution in [2.24, 2.45) is 0 Å². The van der Waals surface area contributed by atoms with E-state index in [0.717, 1.165) is 25.8 Å². The van der Waals surface area contributed by atoms with E-state index in [-0.39, 0.29) is 17.6 Å². The van der Waals surface area contributed by atoms with Gasteiger partial charge in [-0.05, 0) is 32.2 Å². The minimum atomic E-state index is -0.115. The van der Waals surface area contributed by atoms with E-state index in [1.807, 2.05) is 13.8 Å². The standard InChI is InChI=1S/C14H27NO2/c1-4-7-12(16)9-10-13(15-11-6-3)14(17)8-5-2/h13,15H,4-11H2,1-3H3. The molecule has 0 aliphatic heterocycles. The Labute approximate surface area is 105 Å². The number of nitrogens with one attached hydrogen (secondary N) is 1. The molecule has 0 aromatic heterocycles. The van der Waals surface area contributed by atoms with Gasteiger partial charge in [0.15, 0.2) is 0 Å². The summed E-state index contributed by atoms with van der Waals surface area (Å²) in [5.41, 5.74) is 0. The highest BCUT2D eigenvalue weighted by atomic mass is 16.1. The first kappa shape index (κ1) is 16.3. The number of hydrogen-bond donors (Lipinski definition) is 1. The zero-order chi connectivity index (χ0) is 13.1. The highest BCUT2D eigenvalue weighted by molar-refractivity contribution is 5.85. The van der Waals surface area contributed by atoms with Crippen LogP contribution in [0.3, 0.4) is 0 Å². The normalized spacial score (nSPS) is 12.4. The van der Waals surface area contributed by atoms with Gasteiger partial charge in [0, 0.05) is 19.3 Å². The average molecular weight is 241 g/mol. The molecule has 100 valence electrons. The zero-order valence-electron chi connectivity index (χ0n) is 11.6. The van der Waals surface area contributed by atoms with Crippen molar-refractivity contribution >= 4 is 11.6 Å². The Kier molecular flexibility index (Phi) is 10.0. The van der Waals surface area contributed by atoms with Gasteiger partial charge >= 0.3 is 0 Å². The maximum absolute atomic E-state index is 11.8. The third-order valence-corrected chi connectivity index (χ3v) is 2.77. The lowest BCUT2D eigenvalue weighted by atomic mass is 10.0. The van der Waals surface area contributed by atoms with Gasteiger partial charge in [0.05, 0.1) is 6.04 Å². The molecule has 0 aromatic carbocycles. The summed E-state index contributed by atoms with van der Waals surface area (Å²) < 4.78 is 0. The molecule has 1 atom stereocenters. The topological polar surface area (TPSA) is 46.2 Å². The summed E-state index contributed by atoms with van der Waals surface area (Å²) in [5, 5.41) is 3.25. The molecular weight excluding hydrogens is 214 g/mol. The predicted octanol–water partition coefficient (Wildman–Crippen LogP) is 2.87. The molecule has 0 amide bonds. The van der Waals surface area contributed by atoms with Gasteiger partial charge < -0.3 is 5.32 Å². The lowest BCUT2D eigenvalue weighted by Crippen LogP contribution is -2.37. The summed E-state index contributed by atoms with van der Waals surface area (Å²) in [6.07, 6.45) is 5.24. The van der Waals surface area contributed by atoms with E-state index >= 15 is 0 Å². The third kappa shape index (κ3) is 8.08. The van der Waals surface area contributed by atoms with Crippen LogP contribution in [0.4, 0.5) is 0 Å². The van der Waals surface area contributed by atoms with Gasteiger partial charge in [-0.1, -0.05) is 20.8 Å². The average Bonchev–Trinajstić information content (AvgIpc) is 2.29. The first-order valence-electron chi connectivity index (χ1n) is 6.93. The summed E-state index contributed by atoms with van der Waals surface area (Å²) in [5.74, 6) is 0.533. The van der Waals surface area contributed by atoms with Crippen LogP contribution in [-0.4, -0.2) is 24.2 Å². The molecular formula is C14H27NO2. The van der Waals surface area contributed by atoms with Crippen molar-refractivity contribution in [3.8, 4) is 0 Å². The van der Waals surface area contributed by atoms with Gasteiger partial charge in [0.2, 0.25) is 0 Å². The van der Waals surface area contributed by atoms with Gasteiger partial charge in [0.25, 0.3) is 0 Å². The fraction of sp³-hybridized carbons (Fsp3) is 0.857. The molecule has 3 nitrogen and oxygen atoms in total.